The van der Waals surface area contributed by atoms with Gasteiger partial charge >= 0.3 is 0 Å². The molecule has 2 bridgehead atoms. The van der Waals surface area contributed by atoms with E-state index in [1.165, 1.54) is 16.0 Å². The van der Waals surface area contributed by atoms with Crippen molar-refractivity contribution in [2.24, 2.45) is 11.8 Å². The molecule has 1 amide bonds. The number of fused-ring (bicyclic) bond motifs is 3. The van der Waals surface area contributed by atoms with Crippen LogP contribution < -0.4 is 4.90 Å². The molecule has 2 aromatic carbocycles. The van der Waals surface area contributed by atoms with Crippen molar-refractivity contribution < 1.29 is 9.69 Å². The molecule has 6 heteroatoms. The molecular weight excluding hydrogens is 410 g/mol. The van der Waals surface area contributed by atoms with Crippen LogP contribution in [-0.2, 0) is 11.3 Å². The lowest BCUT2D eigenvalue weighted by Crippen LogP contribution is -3.20. The fraction of sp³-hybridized carbons (Fsp3) is 0.370. The molecule has 0 aliphatic carbocycles. The molecule has 3 aromatic rings. The second-order valence-corrected chi connectivity index (χ2v) is 9.48. The number of likely N-dealkylation sites (N-methyl/N-ethyl adjacent to an activating group) is 1. The zero-order valence-electron chi connectivity index (χ0n) is 19.2. The Morgan fingerprint density at radius 3 is 2.58 bits per heavy atom. The number of hydrogen-bond acceptors (Lipinski definition) is 3. The Hall–Kier alpha value is -3.25. The van der Waals surface area contributed by atoms with Crippen LogP contribution in [0.5, 0.6) is 0 Å². The summed E-state index contributed by atoms with van der Waals surface area (Å²) < 4.78 is 1.99. The average molecular weight is 443 g/mol. The van der Waals surface area contributed by atoms with Crippen molar-refractivity contribution in [3.8, 4) is 22.4 Å². The molecular formula is C27H32N5O+. The van der Waals surface area contributed by atoms with E-state index in [4.69, 9.17) is 0 Å². The van der Waals surface area contributed by atoms with E-state index in [1.807, 2.05) is 22.7 Å². The quantitative estimate of drug-likeness (QED) is 0.572. The van der Waals surface area contributed by atoms with Gasteiger partial charge in [-0.25, -0.2) is 4.68 Å². The van der Waals surface area contributed by atoms with Crippen LogP contribution in [0.3, 0.4) is 0 Å². The second-order valence-electron chi connectivity index (χ2n) is 9.48. The first-order valence-electron chi connectivity index (χ1n) is 11.9. The molecule has 3 aliphatic rings. The molecule has 170 valence electrons. The maximum Gasteiger partial charge on any atom is 0.231 e. The monoisotopic (exact) mass is 442 g/mol. The first-order valence-corrected chi connectivity index (χ1v) is 11.9. The van der Waals surface area contributed by atoms with Crippen LogP contribution in [0.15, 0.2) is 73.4 Å². The van der Waals surface area contributed by atoms with Gasteiger partial charge in [0.05, 0.1) is 31.7 Å². The van der Waals surface area contributed by atoms with Gasteiger partial charge in [-0.05, 0) is 17.0 Å². The SMILES string of the molecule is C=CCN(C)C(=O)[C@H]1C[NH+]2CC[C@H]1C[C@@H]2Cn1cc(-c2ccc(-c3ccccc3)cc2)nn1. The smallest absolute Gasteiger partial charge is 0.231 e. The lowest BCUT2D eigenvalue weighted by atomic mass is 9.75. The van der Waals surface area contributed by atoms with E-state index < -0.39 is 0 Å². The van der Waals surface area contributed by atoms with Gasteiger partial charge in [-0.15, -0.1) is 11.7 Å². The number of quaternary nitrogens is 1. The minimum absolute atomic E-state index is 0.143. The fourth-order valence-electron chi connectivity index (χ4n) is 5.58. The topological polar surface area (TPSA) is 55.5 Å². The number of benzene rings is 2. The van der Waals surface area contributed by atoms with Crippen LogP contribution in [0.4, 0.5) is 0 Å². The summed E-state index contributed by atoms with van der Waals surface area (Å²) in [5.41, 5.74) is 4.39. The summed E-state index contributed by atoms with van der Waals surface area (Å²) in [6, 6.07) is 19.4. The Bertz CT molecular complexity index is 1110. The zero-order valence-corrected chi connectivity index (χ0v) is 19.2. The Labute approximate surface area is 195 Å². The van der Waals surface area contributed by atoms with Gasteiger partial charge in [0, 0.05) is 32.0 Å². The minimum Gasteiger partial charge on any atom is -0.342 e. The van der Waals surface area contributed by atoms with Crippen molar-refractivity contribution in [1.82, 2.24) is 19.9 Å². The standard InChI is InChI=1S/C27H31N5O/c1-3-14-30(2)27(33)25-18-31-15-13-23(25)16-24(31)17-32-19-26(28-29-32)22-11-9-21(10-12-22)20-7-5-4-6-8-20/h3-12,19,23-25H,1,13-18H2,2H3/p+1/t23-,24+,25-/m0/s1. The maximum atomic E-state index is 12.9. The number of amides is 1. The number of nitrogens with one attached hydrogen (secondary N) is 1. The predicted octanol–water partition coefficient (Wildman–Crippen LogP) is 2.55. The zero-order chi connectivity index (χ0) is 22.8. The first-order chi connectivity index (χ1) is 16.1. The maximum absolute atomic E-state index is 12.9. The number of carbonyl (C=O) groups excluding carboxylic acids is 1. The van der Waals surface area contributed by atoms with Gasteiger partial charge in [-0.2, -0.15) is 0 Å². The molecule has 4 atom stereocenters. The van der Waals surface area contributed by atoms with Gasteiger partial charge < -0.3 is 9.80 Å². The van der Waals surface area contributed by atoms with E-state index in [-0.39, 0.29) is 11.8 Å². The van der Waals surface area contributed by atoms with Crippen molar-refractivity contribution in [2.75, 3.05) is 26.7 Å². The highest BCUT2D eigenvalue weighted by Gasteiger charge is 2.47. The van der Waals surface area contributed by atoms with E-state index in [1.54, 1.807) is 6.08 Å². The fourth-order valence-corrected chi connectivity index (χ4v) is 5.58. The van der Waals surface area contributed by atoms with Crippen LogP contribution in [0.1, 0.15) is 12.8 Å². The van der Waals surface area contributed by atoms with E-state index >= 15 is 0 Å². The van der Waals surface area contributed by atoms with E-state index in [2.05, 4.69) is 71.6 Å². The Morgan fingerprint density at radius 2 is 1.88 bits per heavy atom. The van der Waals surface area contributed by atoms with Gasteiger partial charge in [0.2, 0.25) is 5.91 Å². The molecule has 0 saturated carbocycles. The van der Waals surface area contributed by atoms with Crippen molar-refractivity contribution in [3.63, 3.8) is 0 Å². The Morgan fingerprint density at radius 1 is 1.15 bits per heavy atom. The molecule has 1 N–H and O–H groups in total. The number of rotatable bonds is 7. The van der Waals surface area contributed by atoms with Crippen molar-refractivity contribution in [1.29, 1.82) is 0 Å². The molecule has 1 aromatic heterocycles. The predicted molar refractivity (Wildman–Crippen MR) is 129 cm³/mol. The van der Waals surface area contributed by atoms with Crippen molar-refractivity contribution in [2.45, 2.75) is 25.4 Å². The molecule has 3 saturated heterocycles. The van der Waals surface area contributed by atoms with Crippen LogP contribution >= 0.6 is 0 Å². The highest BCUT2D eigenvalue weighted by Crippen LogP contribution is 2.29. The van der Waals surface area contributed by atoms with Crippen LogP contribution in [0.2, 0.25) is 0 Å². The van der Waals surface area contributed by atoms with Crippen molar-refractivity contribution in [3.05, 3.63) is 73.4 Å². The highest BCUT2D eigenvalue weighted by atomic mass is 16.2. The third kappa shape index (κ3) is 4.48. The van der Waals surface area contributed by atoms with E-state index in [9.17, 15) is 4.79 Å². The van der Waals surface area contributed by atoms with Crippen LogP contribution in [-0.4, -0.2) is 58.5 Å². The third-order valence-corrected chi connectivity index (χ3v) is 7.38. The van der Waals surface area contributed by atoms with Crippen LogP contribution in [0.25, 0.3) is 22.4 Å². The molecule has 1 unspecified atom stereocenters. The molecule has 33 heavy (non-hydrogen) atoms. The van der Waals surface area contributed by atoms with Crippen LogP contribution in [0, 0.1) is 11.8 Å². The normalized spacial score (nSPS) is 23.9. The molecule has 4 heterocycles. The lowest BCUT2D eigenvalue weighted by Gasteiger charge is -2.46. The minimum atomic E-state index is 0.143. The molecule has 3 fully saturated rings. The lowest BCUT2D eigenvalue weighted by molar-refractivity contribution is -0.945. The van der Waals surface area contributed by atoms with Gasteiger partial charge in [-0.3, -0.25) is 4.79 Å². The summed E-state index contributed by atoms with van der Waals surface area (Å²) in [4.78, 5) is 16.2. The van der Waals surface area contributed by atoms with Gasteiger partial charge in [0.15, 0.2) is 0 Å². The average Bonchev–Trinajstić information content (AvgIpc) is 3.33. The van der Waals surface area contributed by atoms with Gasteiger partial charge in [0.25, 0.3) is 0 Å². The third-order valence-electron chi connectivity index (χ3n) is 7.38. The summed E-state index contributed by atoms with van der Waals surface area (Å²) in [6.07, 6.45) is 6.07. The number of piperidine rings is 3. The number of aromatic nitrogens is 3. The van der Waals surface area contributed by atoms with E-state index in [0.717, 1.165) is 43.7 Å². The largest absolute Gasteiger partial charge is 0.342 e. The summed E-state index contributed by atoms with van der Waals surface area (Å²) in [5.74, 6) is 0.891. The number of hydrogen-bond donors (Lipinski definition) is 1. The van der Waals surface area contributed by atoms with E-state index in [0.29, 0.717) is 18.5 Å². The van der Waals surface area contributed by atoms with Gasteiger partial charge in [0.1, 0.15) is 11.7 Å². The van der Waals surface area contributed by atoms with Gasteiger partial charge in [-0.1, -0.05) is 65.9 Å². The van der Waals surface area contributed by atoms with Crippen molar-refractivity contribution >= 4 is 5.91 Å². The Kier molecular flexibility index (Phi) is 6.09. The summed E-state index contributed by atoms with van der Waals surface area (Å²) >= 11 is 0. The molecule has 3 aliphatic heterocycles. The summed E-state index contributed by atoms with van der Waals surface area (Å²) in [7, 11) is 1.89. The summed E-state index contributed by atoms with van der Waals surface area (Å²) in [5, 5.41) is 8.86. The second kappa shape index (κ2) is 9.32. The molecule has 0 spiro atoms. The summed E-state index contributed by atoms with van der Waals surface area (Å²) in [6.45, 7) is 7.31. The highest BCUT2D eigenvalue weighted by molar-refractivity contribution is 5.79. The first kappa shape index (κ1) is 21.6. The Balaban J connectivity index is 1.23. The molecule has 6 nitrogen and oxygen atoms in total. The number of carbonyl (C=O) groups is 1. The number of nitrogens with zero attached hydrogens (tertiary/aromatic N) is 4. The molecule has 0 radical (unpaired) electrons. The molecule has 6 rings (SSSR count).